The molecule has 3 aromatic rings. The Morgan fingerprint density at radius 2 is 1.83 bits per heavy atom. The maximum absolute atomic E-state index is 8.64. The van der Waals surface area contributed by atoms with Crippen molar-refractivity contribution in [3.8, 4) is 23.3 Å². The third-order valence-electron chi connectivity index (χ3n) is 3.41. The van der Waals surface area contributed by atoms with Crippen LogP contribution >= 0.6 is 0 Å². The van der Waals surface area contributed by atoms with Gasteiger partial charge in [0.1, 0.15) is 12.0 Å². The molecule has 1 aromatic heterocycles. The summed E-state index contributed by atoms with van der Waals surface area (Å²) in [5.41, 5.74) is 2.82. The molecule has 0 atom stereocenters. The van der Waals surface area contributed by atoms with E-state index in [1.165, 1.54) is 0 Å². The van der Waals surface area contributed by atoms with E-state index in [1.807, 2.05) is 54.6 Å². The average Bonchev–Trinajstić information content (AvgIpc) is 3.06. The van der Waals surface area contributed by atoms with Crippen molar-refractivity contribution in [3.63, 3.8) is 0 Å². The van der Waals surface area contributed by atoms with Crippen LogP contribution in [0, 0.1) is 11.3 Å². The highest BCUT2D eigenvalue weighted by Crippen LogP contribution is 2.18. The van der Waals surface area contributed by atoms with E-state index < -0.39 is 0 Å². The SMILES string of the molecule is N#CCc1ccc(OCCc2coc(-c3ccccc3)n2)cc1. The van der Waals surface area contributed by atoms with Gasteiger partial charge in [0, 0.05) is 12.0 Å². The summed E-state index contributed by atoms with van der Waals surface area (Å²) in [5.74, 6) is 1.42. The van der Waals surface area contributed by atoms with Crippen molar-refractivity contribution < 1.29 is 9.15 Å². The van der Waals surface area contributed by atoms with Gasteiger partial charge in [-0.3, -0.25) is 0 Å². The predicted molar refractivity (Wildman–Crippen MR) is 86.9 cm³/mol. The summed E-state index contributed by atoms with van der Waals surface area (Å²) < 4.78 is 11.2. The van der Waals surface area contributed by atoms with Crippen LogP contribution in [0.4, 0.5) is 0 Å². The number of hydrogen-bond acceptors (Lipinski definition) is 4. The summed E-state index contributed by atoms with van der Waals surface area (Å²) in [6, 6.07) is 19.5. The quantitative estimate of drug-likeness (QED) is 0.690. The number of benzene rings is 2. The van der Waals surface area contributed by atoms with E-state index in [2.05, 4.69) is 11.1 Å². The first-order valence-corrected chi connectivity index (χ1v) is 7.43. The van der Waals surface area contributed by atoms with Crippen molar-refractivity contribution in [2.45, 2.75) is 12.8 Å². The van der Waals surface area contributed by atoms with E-state index in [0.717, 1.165) is 22.6 Å². The lowest BCUT2D eigenvalue weighted by molar-refractivity contribution is 0.320. The fourth-order valence-electron chi connectivity index (χ4n) is 2.20. The van der Waals surface area contributed by atoms with E-state index in [-0.39, 0.29) is 0 Å². The van der Waals surface area contributed by atoms with Crippen LogP contribution in [0.1, 0.15) is 11.3 Å². The molecule has 0 radical (unpaired) electrons. The minimum Gasteiger partial charge on any atom is -0.493 e. The normalized spacial score (nSPS) is 10.2. The van der Waals surface area contributed by atoms with E-state index in [9.17, 15) is 0 Å². The number of hydrogen-bond donors (Lipinski definition) is 0. The minimum absolute atomic E-state index is 0.418. The molecule has 4 heteroatoms. The second-order valence-corrected chi connectivity index (χ2v) is 5.09. The minimum atomic E-state index is 0.418. The van der Waals surface area contributed by atoms with Gasteiger partial charge in [-0.2, -0.15) is 5.26 Å². The molecule has 1 heterocycles. The molecule has 0 spiro atoms. The standard InChI is InChI=1S/C19H16N2O2/c20-12-10-15-6-8-18(9-7-15)22-13-11-17-14-23-19(21-17)16-4-2-1-3-5-16/h1-9,14H,10-11,13H2. The van der Waals surface area contributed by atoms with E-state index >= 15 is 0 Å². The van der Waals surface area contributed by atoms with E-state index in [0.29, 0.717) is 25.3 Å². The zero-order chi connectivity index (χ0) is 15.9. The Kier molecular flexibility index (Phi) is 4.70. The summed E-state index contributed by atoms with van der Waals surface area (Å²) in [4.78, 5) is 4.47. The lowest BCUT2D eigenvalue weighted by Crippen LogP contribution is -2.01. The lowest BCUT2D eigenvalue weighted by atomic mass is 10.2. The van der Waals surface area contributed by atoms with Gasteiger partial charge in [0.05, 0.1) is 24.8 Å². The van der Waals surface area contributed by atoms with Gasteiger partial charge in [0.15, 0.2) is 0 Å². The summed E-state index contributed by atoms with van der Waals surface area (Å²) in [5, 5.41) is 8.64. The van der Waals surface area contributed by atoms with Crippen LogP contribution in [0.5, 0.6) is 5.75 Å². The largest absolute Gasteiger partial charge is 0.493 e. The molecule has 0 aliphatic rings. The Morgan fingerprint density at radius 3 is 2.57 bits per heavy atom. The molecule has 0 bridgehead atoms. The molecule has 0 N–H and O–H groups in total. The zero-order valence-electron chi connectivity index (χ0n) is 12.6. The molecule has 0 unspecified atom stereocenters. The molecule has 0 amide bonds. The highest BCUT2D eigenvalue weighted by Gasteiger charge is 2.06. The maximum atomic E-state index is 8.64. The van der Waals surface area contributed by atoms with Gasteiger partial charge in [-0.15, -0.1) is 0 Å². The van der Waals surface area contributed by atoms with Crippen LogP contribution in [0.3, 0.4) is 0 Å². The van der Waals surface area contributed by atoms with Crippen LogP contribution in [-0.2, 0) is 12.8 Å². The van der Waals surface area contributed by atoms with Gasteiger partial charge in [-0.1, -0.05) is 30.3 Å². The molecule has 23 heavy (non-hydrogen) atoms. The molecular weight excluding hydrogens is 288 g/mol. The summed E-state index contributed by atoms with van der Waals surface area (Å²) in [6.45, 7) is 0.526. The second kappa shape index (κ2) is 7.28. The molecule has 3 rings (SSSR count). The fraction of sp³-hybridized carbons (Fsp3) is 0.158. The number of aromatic nitrogens is 1. The first kappa shape index (κ1) is 14.9. The van der Waals surface area contributed by atoms with Crippen molar-refractivity contribution in [3.05, 3.63) is 72.1 Å². The Labute approximate surface area is 135 Å². The third-order valence-corrected chi connectivity index (χ3v) is 3.41. The molecule has 2 aromatic carbocycles. The number of ether oxygens (including phenoxy) is 1. The lowest BCUT2D eigenvalue weighted by Gasteiger charge is -2.05. The monoisotopic (exact) mass is 304 g/mol. The van der Waals surface area contributed by atoms with Crippen LogP contribution in [0.2, 0.25) is 0 Å². The van der Waals surface area contributed by atoms with Crippen LogP contribution in [0.15, 0.2) is 65.3 Å². The highest BCUT2D eigenvalue weighted by molar-refractivity contribution is 5.52. The molecule has 0 fully saturated rings. The van der Waals surface area contributed by atoms with Gasteiger partial charge in [-0.05, 0) is 29.8 Å². The predicted octanol–water partition coefficient (Wildman–Crippen LogP) is 4.03. The molecule has 4 nitrogen and oxygen atoms in total. The average molecular weight is 304 g/mol. The third kappa shape index (κ3) is 3.98. The Bertz CT molecular complexity index is 786. The zero-order valence-corrected chi connectivity index (χ0v) is 12.6. The number of oxazole rings is 1. The smallest absolute Gasteiger partial charge is 0.226 e. The van der Waals surface area contributed by atoms with Gasteiger partial charge in [0.25, 0.3) is 0 Å². The number of nitriles is 1. The van der Waals surface area contributed by atoms with Gasteiger partial charge < -0.3 is 9.15 Å². The fourth-order valence-corrected chi connectivity index (χ4v) is 2.20. The van der Waals surface area contributed by atoms with Crippen molar-refractivity contribution in [2.24, 2.45) is 0 Å². The molecule has 0 aliphatic carbocycles. The van der Waals surface area contributed by atoms with Crippen LogP contribution in [0.25, 0.3) is 11.5 Å². The van der Waals surface area contributed by atoms with Crippen LogP contribution in [-0.4, -0.2) is 11.6 Å². The summed E-state index contributed by atoms with van der Waals surface area (Å²) >= 11 is 0. The topological polar surface area (TPSA) is 59.0 Å². The van der Waals surface area contributed by atoms with Crippen molar-refractivity contribution in [1.29, 1.82) is 5.26 Å². The first-order chi connectivity index (χ1) is 11.3. The Morgan fingerprint density at radius 1 is 1.04 bits per heavy atom. The van der Waals surface area contributed by atoms with E-state index in [4.69, 9.17) is 14.4 Å². The van der Waals surface area contributed by atoms with Crippen molar-refractivity contribution in [1.82, 2.24) is 4.98 Å². The van der Waals surface area contributed by atoms with Crippen LogP contribution < -0.4 is 4.74 Å². The molecule has 0 saturated heterocycles. The number of nitrogens with zero attached hydrogens (tertiary/aromatic N) is 2. The van der Waals surface area contributed by atoms with Gasteiger partial charge in [-0.25, -0.2) is 4.98 Å². The summed E-state index contributed by atoms with van der Waals surface area (Å²) in [6.07, 6.45) is 2.76. The Hall–Kier alpha value is -3.06. The van der Waals surface area contributed by atoms with Crippen molar-refractivity contribution >= 4 is 0 Å². The molecular formula is C19H16N2O2. The number of rotatable bonds is 6. The molecule has 0 aliphatic heterocycles. The van der Waals surface area contributed by atoms with E-state index in [1.54, 1.807) is 6.26 Å². The summed E-state index contributed by atoms with van der Waals surface area (Å²) in [7, 11) is 0. The van der Waals surface area contributed by atoms with Gasteiger partial charge >= 0.3 is 0 Å². The highest BCUT2D eigenvalue weighted by atomic mass is 16.5. The van der Waals surface area contributed by atoms with Gasteiger partial charge in [0.2, 0.25) is 5.89 Å². The second-order valence-electron chi connectivity index (χ2n) is 5.09. The molecule has 0 saturated carbocycles. The molecule has 114 valence electrons. The first-order valence-electron chi connectivity index (χ1n) is 7.43. The Balaban J connectivity index is 1.53. The maximum Gasteiger partial charge on any atom is 0.226 e. The van der Waals surface area contributed by atoms with Crippen molar-refractivity contribution in [2.75, 3.05) is 6.61 Å².